The molecule has 0 unspecified atom stereocenters. The molecule has 0 spiro atoms. The lowest BCUT2D eigenvalue weighted by molar-refractivity contribution is -0.113. The molecule has 1 aliphatic heterocycles. The van der Waals surface area contributed by atoms with Gasteiger partial charge in [-0.25, -0.2) is 0 Å². The Labute approximate surface area is 180 Å². The number of anilines is 1. The van der Waals surface area contributed by atoms with E-state index in [0.29, 0.717) is 15.8 Å². The molecule has 0 N–H and O–H groups in total. The first-order chi connectivity index (χ1) is 14.1. The zero-order valence-corrected chi connectivity index (χ0v) is 17.5. The van der Waals surface area contributed by atoms with Crippen molar-refractivity contribution in [2.24, 2.45) is 0 Å². The highest BCUT2D eigenvalue weighted by Gasteiger charge is 2.33. The predicted octanol–water partition coefficient (Wildman–Crippen LogP) is 5.98. The normalized spacial score (nSPS) is 15.2. The minimum absolute atomic E-state index is 0.0916. The lowest BCUT2D eigenvalue weighted by Crippen LogP contribution is -2.27. The molecule has 1 aliphatic rings. The molecule has 0 atom stereocenters. The average Bonchev–Trinajstić information content (AvgIpc) is 3.02. The summed E-state index contributed by atoms with van der Waals surface area (Å²) >= 11 is 6.73. The van der Waals surface area contributed by atoms with E-state index < -0.39 is 0 Å². The second-order valence-electron chi connectivity index (χ2n) is 6.64. The molecule has 1 fully saturated rings. The van der Waals surface area contributed by atoms with Gasteiger partial charge in [0.25, 0.3) is 5.91 Å². The number of carbonyl (C=O) groups is 1. The van der Waals surface area contributed by atoms with Crippen molar-refractivity contribution in [2.45, 2.75) is 13.5 Å². The summed E-state index contributed by atoms with van der Waals surface area (Å²) in [5.74, 6) is 0.702. The van der Waals surface area contributed by atoms with Crippen LogP contribution in [-0.4, -0.2) is 10.2 Å². The highest BCUT2D eigenvalue weighted by Crippen LogP contribution is 2.36. The van der Waals surface area contributed by atoms with Gasteiger partial charge in [-0.1, -0.05) is 78.6 Å². The fraction of sp³-hybridized carbons (Fsp3) is 0.0833. The number of rotatable bonds is 5. The van der Waals surface area contributed by atoms with Crippen LogP contribution in [0.25, 0.3) is 6.08 Å². The second-order valence-corrected chi connectivity index (χ2v) is 8.31. The molecule has 3 aromatic rings. The number of hydrogen-bond acceptors (Lipinski definition) is 4. The minimum Gasteiger partial charge on any atom is -0.489 e. The first kappa shape index (κ1) is 19.4. The molecule has 1 heterocycles. The Bertz CT molecular complexity index is 1080. The number of amides is 1. The van der Waals surface area contributed by atoms with Crippen molar-refractivity contribution in [3.63, 3.8) is 0 Å². The van der Waals surface area contributed by atoms with Gasteiger partial charge in [-0.3, -0.25) is 9.69 Å². The molecule has 0 aromatic heterocycles. The molecule has 1 amide bonds. The molecule has 1 saturated heterocycles. The lowest BCUT2D eigenvalue weighted by Gasteiger charge is -2.13. The van der Waals surface area contributed by atoms with Crippen molar-refractivity contribution in [3.05, 3.63) is 100 Å². The highest BCUT2D eigenvalue weighted by molar-refractivity contribution is 8.27. The molecule has 29 heavy (non-hydrogen) atoms. The van der Waals surface area contributed by atoms with Gasteiger partial charge in [0.15, 0.2) is 4.32 Å². The van der Waals surface area contributed by atoms with Gasteiger partial charge in [0.2, 0.25) is 0 Å². The van der Waals surface area contributed by atoms with Crippen molar-refractivity contribution >= 4 is 46.0 Å². The zero-order chi connectivity index (χ0) is 20.2. The van der Waals surface area contributed by atoms with E-state index in [1.165, 1.54) is 22.9 Å². The van der Waals surface area contributed by atoms with E-state index in [9.17, 15) is 4.79 Å². The van der Waals surface area contributed by atoms with Crippen LogP contribution < -0.4 is 9.64 Å². The van der Waals surface area contributed by atoms with Crippen molar-refractivity contribution in [1.29, 1.82) is 0 Å². The average molecular weight is 418 g/mol. The van der Waals surface area contributed by atoms with E-state index in [4.69, 9.17) is 17.0 Å². The van der Waals surface area contributed by atoms with Gasteiger partial charge in [0, 0.05) is 0 Å². The van der Waals surface area contributed by atoms with Gasteiger partial charge in [0.1, 0.15) is 12.4 Å². The summed E-state index contributed by atoms with van der Waals surface area (Å²) in [6.07, 6.45) is 1.87. The van der Waals surface area contributed by atoms with Crippen LogP contribution in [0.5, 0.6) is 5.75 Å². The fourth-order valence-electron chi connectivity index (χ4n) is 3.01. The van der Waals surface area contributed by atoms with Crippen molar-refractivity contribution in [2.75, 3.05) is 4.90 Å². The molecule has 3 nitrogen and oxygen atoms in total. The van der Waals surface area contributed by atoms with E-state index in [1.54, 1.807) is 4.90 Å². The summed E-state index contributed by atoms with van der Waals surface area (Å²) in [6, 6.07) is 25.4. The van der Waals surface area contributed by atoms with Crippen LogP contribution in [0.3, 0.4) is 0 Å². The van der Waals surface area contributed by atoms with Crippen LogP contribution in [0, 0.1) is 6.92 Å². The fourth-order valence-corrected chi connectivity index (χ4v) is 4.31. The monoisotopic (exact) mass is 417 g/mol. The minimum atomic E-state index is -0.0916. The van der Waals surface area contributed by atoms with Crippen molar-refractivity contribution in [3.8, 4) is 5.75 Å². The van der Waals surface area contributed by atoms with Gasteiger partial charge >= 0.3 is 0 Å². The summed E-state index contributed by atoms with van der Waals surface area (Å²) in [4.78, 5) is 15.0. The summed E-state index contributed by atoms with van der Waals surface area (Å²) in [7, 11) is 0. The summed E-state index contributed by atoms with van der Waals surface area (Å²) in [5.41, 5.74) is 4.10. The maximum Gasteiger partial charge on any atom is 0.270 e. The van der Waals surface area contributed by atoms with E-state index in [1.807, 2.05) is 72.8 Å². The third kappa shape index (κ3) is 4.42. The Morgan fingerprint density at radius 3 is 2.38 bits per heavy atom. The second kappa shape index (κ2) is 8.64. The largest absolute Gasteiger partial charge is 0.489 e. The Hall–Kier alpha value is -2.89. The Morgan fingerprint density at radius 1 is 0.966 bits per heavy atom. The molecule has 0 saturated carbocycles. The van der Waals surface area contributed by atoms with Gasteiger partial charge in [0.05, 0.1) is 10.6 Å². The van der Waals surface area contributed by atoms with Crippen LogP contribution in [-0.2, 0) is 11.4 Å². The standard InChI is InChI=1S/C24H19NO2S2/c1-17-7-5-6-8-19(17)16-27-21-13-11-18(12-14-21)15-22-23(26)25(24(28)29-22)20-9-3-2-4-10-20/h2-15H,16H2,1H3/b22-15-. The van der Waals surface area contributed by atoms with E-state index in [2.05, 4.69) is 19.1 Å². The number of benzene rings is 3. The Morgan fingerprint density at radius 2 is 1.66 bits per heavy atom. The first-order valence-corrected chi connectivity index (χ1v) is 10.4. The van der Waals surface area contributed by atoms with Crippen LogP contribution in [0.1, 0.15) is 16.7 Å². The Balaban J connectivity index is 1.45. The van der Waals surface area contributed by atoms with Gasteiger partial charge in [-0.05, 0) is 54.0 Å². The molecular weight excluding hydrogens is 398 g/mol. The zero-order valence-electron chi connectivity index (χ0n) is 15.9. The third-order valence-electron chi connectivity index (χ3n) is 4.64. The van der Waals surface area contributed by atoms with Crippen LogP contribution in [0.4, 0.5) is 5.69 Å². The number of nitrogens with zero attached hydrogens (tertiary/aromatic N) is 1. The van der Waals surface area contributed by atoms with Gasteiger partial charge in [-0.15, -0.1) is 0 Å². The smallest absolute Gasteiger partial charge is 0.270 e. The maximum atomic E-state index is 12.8. The van der Waals surface area contributed by atoms with Crippen LogP contribution in [0.2, 0.25) is 0 Å². The molecule has 5 heteroatoms. The van der Waals surface area contributed by atoms with E-state index in [0.717, 1.165) is 17.0 Å². The van der Waals surface area contributed by atoms with E-state index in [-0.39, 0.29) is 5.91 Å². The molecule has 0 aliphatic carbocycles. The molecule has 0 radical (unpaired) electrons. The Kier molecular flexibility index (Phi) is 5.79. The molecule has 3 aromatic carbocycles. The number of para-hydroxylation sites is 1. The number of thiocarbonyl (C=S) groups is 1. The van der Waals surface area contributed by atoms with Crippen LogP contribution in [0.15, 0.2) is 83.8 Å². The number of thioether (sulfide) groups is 1. The maximum absolute atomic E-state index is 12.8. The molecular formula is C24H19NO2S2. The number of carbonyl (C=O) groups excluding carboxylic acids is 1. The summed E-state index contributed by atoms with van der Waals surface area (Å²) in [6.45, 7) is 2.61. The topological polar surface area (TPSA) is 29.5 Å². The number of hydrogen-bond donors (Lipinski definition) is 0. The highest BCUT2D eigenvalue weighted by atomic mass is 32.2. The van der Waals surface area contributed by atoms with Gasteiger partial charge < -0.3 is 4.74 Å². The summed E-state index contributed by atoms with van der Waals surface area (Å²) in [5, 5.41) is 0. The van der Waals surface area contributed by atoms with Crippen molar-refractivity contribution < 1.29 is 9.53 Å². The van der Waals surface area contributed by atoms with E-state index >= 15 is 0 Å². The lowest BCUT2D eigenvalue weighted by atomic mass is 10.1. The molecule has 144 valence electrons. The summed E-state index contributed by atoms with van der Waals surface area (Å²) < 4.78 is 6.44. The SMILES string of the molecule is Cc1ccccc1COc1ccc(/C=C2\SC(=S)N(c3ccccc3)C2=O)cc1. The van der Waals surface area contributed by atoms with Crippen molar-refractivity contribution in [1.82, 2.24) is 0 Å². The predicted molar refractivity (Wildman–Crippen MR) is 124 cm³/mol. The first-order valence-electron chi connectivity index (χ1n) is 9.22. The third-order valence-corrected chi connectivity index (χ3v) is 5.94. The molecule has 0 bridgehead atoms. The quantitative estimate of drug-likeness (QED) is 0.377. The number of ether oxygens (including phenoxy) is 1. The number of aryl methyl sites for hydroxylation is 1. The van der Waals surface area contributed by atoms with Crippen LogP contribution >= 0.6 is 24.0 Å². The van der Waals surface area contributed by atoms with Gasteiger partial charge in [-0.2, -0.15) is 0 Å². The molecule has 4 rings (SSSR count).